The Hall–Kier alpha value is -0.900. The molecule has 4 heteroatoms. The van der Waals surface area contributed by atoms with E-state index in [2.05, 4.69) is 10.2 Å². The third-order valence-corrected chi connectivity index (χ3v) is 1.84. The average Bonchev–Trinajstić information content (AvgIpc) is 2.31. The number of hydrogen-bond acceptors (Lipinski definition) is 4. The van der Waals surface area contributed by atoms with E-state index in [1.807, 2.05) is 0 Å². The van der Waals surface area contributed by atoms with Crippen LogP contribution in [-0.2, 0) is 0 Å². The zero-order chi connectivity index (χ0) is 6.97. The number of nitrogens with zero attached hydrogens (tertiary/aromatic N) is 2. The summed E-state index contributed by atoms with van der Waals surface area (Å²) >= 11 is 0. The molecule has 0 aliphatic heterocycles. The van der Waals surface area contributed by atoms with Crippen molar-refractivity contribution in [3.8, 4) is 0 Å². The molecule has 1 aliphatic carbocycles. The molecule has 0 saturated heterocycles. The van der Waals surface area contributed by atoms with Gasteiger partial charge in [0.25, 0.3) is 0 Å². The van der Waals surface area contributed by atoms with Crippen LogP contribution in [0.2, 0.25) is 0 Å². The normalized spacial score (nSPS) is 31.7. The van der Waals surface area contributed by atoms with E-state index in [4.69, 9.17) is 9.52 Å². The monoisotopic (exact) mass is 140 g/mol. The zero-order valence-electron chi connectivity index (χ0n) is 5.40. The second kappa shape index (κ2) is 2.05. The second-order valence-electron chi connectivity index (χ2n) is 2.60. The van der Waals surface area contributed by atoms with Gasteiger partial charge < -0.3 is 9.52 Å². The topological polar surface area (TPSA) is 59.2 Å². The molecule has 1 aromatic rings. The molecule has 4 nitrogen and oxygen atoms in total. The SMILES string of the molecule is OC1CC(c2nnco2)C1. The molecule has 0 aromatic carbocycles. The molecular weight excluding hydrogens is 132 g/mol. The lowest BCUT2D eigenvalue weighted by Gasteiger charge is -2.27. The van der Waals surface area contributed by atoms with Crippen molar-refractivity contribution < 1.29 is 9.52 Å². The van der Waals surface area contributed by atoms with Gasteiger partial charge in [-0.3, -0.25) is 0 Å². The van der Waals surface area contributed by atoms with Gasteiger partial charge in [-0.1, -0.05) is 0 Å². The standard InChI is InChI=1S/C6H8N2O2/c9-5-1-4(2-5)6-8-7-3-10-6/h3-5,9H,1-2H2. The maximum Gasteiger partial charge on any atom is 0.219 e. The lowest BCUT2D eigenvalue weighted by Crippen LogP contribution is -2.26. The van der Waals surface area contributed by atoms with E-state index < -0.39 is 0 Å². The summed E-state index contributed by atoms with van der Waals surface area (Å²) in [5, 5.41) is 16.2. The van der Waals surface area contributed by atoms with E-state index in [9.17, 15) is 0 Å². The zero-order valence-corrected chi connectivity index (χ0v) is 5.40. The fourth-order valence-corrected chi connectivity index (χ4v) is 1.15. The number of rotatable bonds is 1. The first-order valence-corrected chi connectivity index (χ1v) is 3.30. The Morgan fingerprint density at radius 2 is 2.40 bits per heavy atom. The van der Waals surface area contributed by atoms with E-state index in [-0.39, 0.29) is 6.10 Å². The smallest absolute Gasteiger partial charge is 0.219 e. The highest BCUT2D eigenvalue weighted by Gasteiger charge is 2.31. The van der Waals surface area contributed by atoms with Crippen LogP contribution < -0.4 is 0 Å². The molecule has 1 aliphatic rings. The summed E-state index contributed by atoms with van der Waals surface area (Å²) in [5.74, 6) is 0.961. The first-order chi connectivity index (χ1) is 4.86. The molecule has 1 fully saturated rings. The van der Waals surface area contributed by atoms with Crippen LogP contribution in [0.1, 0.15) is 24.7 Å². The molecule has 1 saturated carbocycles. The van der Waals surface area contributed by atoms with Crippen LogP contribution in [0.3, 0.4) is 0 Å². The predicted octanol–water partition coefficient (Wildman–Crippen LogP) is 0.308. The summed E-state index contributed by atoms with van der Waals surface area (Å²) in [4.78, 5) is 0. The summed E-state index contributed by atoms with van der Waals surface area (Å²) < 4.78 is 4.95. The summed E-state index contributed by atoms with van der Waals surface area (Å²) in [6, 6.07) is 0. The molecule has 1 aromatic heterocycles. The van der Waals surface area contributed by atoms with Crippen molar-refractivity contribution in [2.45, 2.75) is 24.9 Å². The van der Waals surface area contributed by atoms with Crippen molar-refractivity contribution in [2.24, 2.45) is 0 Å². The maximum absolute atomic E-state index is 8.93. The molecule has 0 amide bonds. The highest BCUT2D eigenvalue weighted by atomic mass is 16.4. The summed E-state index contributed by atoms with van der Waals surface area (Å²) in [5.41, 5.74) is 0. The van der Waals surface area contributed by atoms with Crippen LogP contribution in [0.15, 0.2) is 10.8 Å². The molecule has 1 heterocycles. The first kappa shape index (κ1) is 5.85. The third kappa shape index (κ3) is 0.806. The van der Waals surface area contributed by atoms with Crippen LogP contribution in [0, 0.1) is 0 Å². The first-order valence-electron chi connectivity index (χ1n) is 3.30. The molecule has 0 radical (unpaired) electrons. The van der Waals surface area contributed by atoms with Gasteiger partial charge in [0, 0.05) is 5.92 Å². The van der Waals surface area contributed by atoms with E-state index >= 15 is 0 Å². The van der Waals surface area contributed by atoms with Crippen LogP contribution in [0.25, 0.3) is 0 Å². The highest BCUT2D eigenvalue weighted by molar-refractivity contribution is 4.98. The molecule has 2 rings (SSSR count). The number of hydrogen-bond donors (Lipinski definition) is 1. The molecule has 0 spiro atoms. The fourth-order valence-electron chi connectivity index (χ4n) is 1.15. The molecular formula is C6H8N2O2. The number of aliphatic hydroxyl groups excluding tert-OH is 1. The minimum Gasteiger partial charge on any atom is -0.428 e. The van der Waals surface area contributed by atoms with Crippen LogP contribution in [-0.4, -0.2) is 21.4 Å². The summed E-state index contributed by atoms with van der Waals surface area (Å²) in [7, 11) is 0. The van der Waals surface area contributed by atoms with Gasteiger partial charge in [0.2, 0.25) is 12.3 Å². The van der Waals surface area contributed by atoms with Crippen molar-refractivity contribution in [1.82, 2.24) is 10.2 Å². The molecule has 0 atom stereocenters. The summed E-state index contributed by atoms with van der Waals surface area (Å²) in [6.07, 6.45) is 2.70. The Bertz CT molecular complexity index is 204. The van der Waals surface area contributed by atoms with Crippen molar-refractivity contribution >= 4 is 0 Å². The van der Waals surface area contributed by atoms with Gasteiger partial charge in [-0.05, 0) is 12.8 Å². The largest absolute Gasteiger partial charge is 0.428 e. The third-order valence-electron chi connectivity index (χ3n) is 1.84. The molecule has 0 bridgehead atoms. The quantitative estimate of drug-likeness (QED) is 0.609. The van der Waals surface area contributed by atoms with Crippen molar-refractivity contribution in [1.29, 1.82) is 0 Å². The minimum atomic E-state index is -0.156. The van der Waals surface area contributed by atoms with Gasteiger partial charge in [0.05, 0.1) is 6.10 Å². The molecule has 54 valence electrons. The summed E-state index contributed by atoms with van der Waals surface area (Å²) in [6.45, 7) is 0. The highest BCUT2D eigenvalue weighted by Crippen LogP contribution is 2.35. The van der Waals surface area contributed by atoms with Gasteiger partial charge in [0.15, 0.2) is 0 Å². The lowest BCUT2D eigenvalue weighted by molar-refractivity contribution is 0.0648. The van der Waals surface area contributed by atoms with Crippen LogP contribution >= 0.6 is 0 Å². The Kier molecular flexibility index (Phi) is 1.20. The molecule has 0 unspecified atom stereocenters. The maximum atomic E-state index is 8.93. The van der Waals surface area contributed by atoms with E-state index in [1.165, 1.54) is 6.39 Å². The van der Waals surface area contributed by atoms with Crippen LogP contribution in [0.5, 0.6) is 0 Å². The van der Waals surface area contributed by atoms with Gasteiger partial charge in [-0.2, -0.15) is 0 Å². The fraction of sp³-hybridized carbons (Fsp3) is 0.667. The van der Waals surface area contributed by atoms with E-state index in [1.54, 1.807) is 0 Å². The Balaban J connectivity index is 2.04. The van der Waals surface area contributed by atoms with Crippen molar-refractivity contribution in [3.63, 3.8) is 0 Å². The van der Waals surface area contributed by atoms with Crippen molar-refractivity contribution in [2.75, 3.05) is 0 Å². The lowest BCUT2D eigenvalue weighted by atomic mass is 9.82. The number of aromatic nitrogens is 2. The van der Waals surface area contributed by atoms with Gasteiger partial charge >= 0.3 is 0 Å². The predicted molar refractivity (Wildman–Crippen MR) is 32.3 cm³/mol. The van der Waals surface area contributed by atoms with Gasteiger partial charge in [-0.15, -0.1) is 10.2 Å². The Labute approximate surface area is 57.9 Å². The average molecular weight is 140 g/mol. The van der Waals surface area contributed by atoms with Crippen LogP contribution in [0.4, 0.5) is 0 Å². The molecule has 1 N–H and O–H groups in total. The van der Waals surface area contributed by atoms with Gasteiger partial charge in [-0.25, -0.2) is 0 Å². The van der Waals surface area contributed by atoms with Crippen molar-refractivity contribution in [3.05, 3.63) is 12.3 Å². The van der Waals surface area contributed by atoms with Gasteiger partial charge in [0.1, 0.15) is 0 Å². The number of aliphatic hydroxyl groups is 1. The van der Waals surface area contributed by atoms with E-state index in [0.717, 1.165) is 12.8 Å². The minimum absolute atomic E-state index is 0.156. The van der Waals surface area contributed by atoms with E-state index in [0.29, 0.717) is 11.8 Å². The second-order valence-corrected chi connectivity index (χ2v) is 2.60. The molecule has 10 heavy (non-hydrogen) atoms. The Morgan fingerprint density at radius 1 is 1.60 bits per heavy atom. The Morgan fingerprint density at radius 3 is 2.90 bits per heavy atom.